The van der Waals surface area contributed by atoms with Crippen molar-refractivity contribution in [3.63, 3.8) is 0 Å². The number of hydrogen-bond donors (Lipinski definition) is 2. The van der Waals surface area contributed by atoms with Crippen molar-refractivity contribution in [3.8, 4) is 0 Å². The second-order valence-electron chi connectivity index (χ2n) is 3.08. The van der Waals surface area contributed by atoms with E-state index < -0.39 is 0 Å². The summed E-state index contributed by atoms with van der Waals surface area (Å²) in [5.41, 5.74) is 5.56. The van der Waals surface area contributed by atoms with E-state index in [1.165, 1.54) is 11.3 Å². The first-order valence-electron chi connectivity index (χ1n) is 3.98. The first kappa shape index (κ1) is 8.99. The van der Waals surface area contributed by atoms with Gasteiger partial charge in [-0.1, -0.05) is 11.6 Å². The molecule has 13 heavy (non-hydrogen) atoms. The maximum atomic E-state index is 11.4. The van der Waals surface area contributed by atoms with Gasteiger partial charge in [0.1, 0.15) is 0 Å². The summed E-state index contributed by atoms with van der Waals surface area (Å²) in [5, 5.41) is 2.82. The van der Waals surface area contributed by atoms with Crippen LogP contribution in [0.3, 0.4) is 0 Å². The minimum atomic E-state index is -0.0742. The Kier molecular flexibility index (Phi) is 2.27. The van der Waals surface area contributed by atoms with Crippen LogP contribution in [0.4, 0.5) is 0 Å². The van der Waals surface area contributed by atoms with Gasteiger partial charge in [0.15, 0.2) is 0 Å². The van der Waals surface area contributed by atoms with Gasteiger partial charge in [0, 0.05) is 12.1 Å². The Morgan fingerprint density at radius 1 is 1.69 bits per heavy atom. The van der Waals surface area contributed by atoms with Gasteiger partial charge in [0.05, 0.1) is 9.21 Å². The summed E-state index contributed by atoms with van der Waals surface area (Å²) < 4.78 is 0.630. The maximum absolute atomic E-state index is 11.4. The number of halogens is 1. The second kappa shape index (κ2) is 3.29. The largest absolute Gasteiger partial charge is 0.347 e. The molecule has 0 saturated heterocycles. The van der Waals surface area contributed by atoms with Crippen LogP contribution in [0.1, 0.15) is 16.1 Å². The number of thiophene rings is 1. The molecule has 3 nitrogen and oxygen atoms in total. The molecule has 0 aliphatic heterocycles. The topological polar surface area (TPSA) is 55.1 Å². The molecule has 0 bridgehead atoms. The van der Waals surface area contributed by atoms with Crippen LogP contribution in [0, 0.1) is 0 Å². The van der Waals surface area contributed by atoms with Crippen LogP contribution in [0.2, 0.25) is 4.34 Å². The van der Waals surface area contributed by atoms with Gasteiger partial charge in [-0.05, 0) is 18.6 Å². The molecule has 1 aliphatic carbocycles. The summed E-state index contributed by atoms with van der Waals surface area (Å²) in [7, 11) is 0. The van der Waals surface area contributed by atoms with Crippen LogP contribution in [0.25, 0.3) is 0 Å². The zero-order valence-electron chi connectivity index (χ0n) is 6.79. The predicted octanol–water partition coefficient (Wildman–Crippen LogP) is 1.23. The highest BCUT2D eigenvalue weighted by Gasteiger charge is 2.35. The van der Waals surface area contributed by atoms with Crippen molar-refractivity contribution in [3.05, 3.63) is 21.3 Å². The number of nitrogens with two attached hydrogens (primary N) is 1. The van der Waals surface area contributed by atoms with Gasteiger partial charge in [-0.3, -0.25) is 4.79 Å². The third kappa shape index (κ3) is 2.02. The molecule has 2 rings (SSSR count). The van der Waals surface area contributed by atoms with E-state index in [0.717, 1.165) is 6.42 Å². The Morgan fingerprint density at radius 3 is 2.85 bits per heavy atom. The normalized spacial score (nSPS) is 25.7. The molecule has 0 spiro atoms. The van der Waals surface area contributed by atoms with E-state index in [9.17, 15) is 4.79 Å². The van der Waals surface area contributed by atoms with Gasteiger partial charge in [-0.25, -0.2) is 0 Å². The van der Waals surface area contributed by atoms with Gasteiger partial charge in [-0.2, -0.15) is 0 Å². The van der Waals surface area contributed by atoms with E-state index in [0.29, 0.717) is 9.21 Å². The van der Waals surface area contributed by atoms with Crippen molar-refractivity contribution >= 4 is 28.8 Å². The van der Waals surface area contributed by atoms with E-state index in [1.54, 1.807) is 12.1 Å². The third-order valence-corrected chi connectivity index (χ3v) is 3.18. The van der Waals surface area contributed by atoms with Crippen molar-refractivity contribution < 1.29 is 4.79 Å². The Bertz CT molecular complexity index is 339. The van der Waals surface area contributed by atoms with E-state index in [-0.39, 0.29) is 18.0 Å². The number of carbonyl (C=O) groups is 1. The van der Waals surface area contributed by atoms with Gasteiger partial charge in [-0.15, -0.1) is 11.3 Å². The molecule has 1 aromatic rings. The Balaban J connectivity index is 1.97. The smallest absolute Gasteiger partial charge is 0.261 e. The molecule has 2 unspecified atom stereocenters. The van der Waals surface area contributed by atoms with Crippen molar-refractivity contribution in [2.45, 2.75) is 18.5 Å². The van der Waals surface area contributed by atoms with E-state index >= 15 is 0 Å². The molecule has 5 heteroatoms. The van der Waals surface area contributed by atoms with E-state index in [2.05, 4.69) is 5.32 Å². The summed E-state index contributed by atoms with van der Waals surface area (Å²) in [6, 6.07) is 3.73. The molecule has 0 radical (unpaired) electrons. The lowest BCUT2D eigenvalue weighted by molar-refractivity contribution is 0.0954. The fourth-order valence-corrected chi connectivity index (χ4v) is 2.00. The Labute approximate surface area is 84.9 Å². The van der Waals surface area contributed by atoms with Crippen molar-refractivity contribution in [1.29, 1.82) is 0 Å². The van der Waals surface area contributed by atoms with Crippen molar-refractivity contribution in [1.82, 2.24) is 5.32 Å². The summed E-state index contributed by atoms with van der Waals surface area (Å²) in [5.74, 6) is -0.0742. The third-order valence-electron chi connectivity index (χ3n) is 1.95. The average Bonchev–Trinajstić information content (AvgIpc) is 2.62. The quantitative estimate of drug-likeness (QED) is 0.782. The van der Waals surface area contributed by atoms with Crippen LogP contribution in [-0.4, -0.2) is 18.0 Å². The Hall–Kier alpha value is -0.580. The highest BCUT2D eigenvalue weighted by molar-refractivity contribution is 7.17. The van der Waals surface area contributed by atoms with Crippen LogP contribution in [0.5, 0.6) is 0 Å². The number of rotatable bonds is 2. The molecule has 3 N–H and O–H groups in total. The summed E-state index contributed by atoms with van der Waals surface area (Å²) in [4.78, 5) is 12.1. The molecule has 1 amide bonds. The van der Waals surface area contributed by atoms with E-state index in [1.807, 2.05) is 0 Å². The second-order valence-corrected chi connectivity index (χ2v) is 4.80. The first-order chi connectivity index (χ1) is 6.16. The summed E-state index contributed by atoms with van der Waals surface area (Å²) in [6.45, 7) is 0. The molecule has 0 aromatic carbocycles. The lowest BCUT2D eigenvalue weighted by atomic mass is 10.4. The number of nitrogens with one attached hydrogen (secondary N) is 1. The summed E-state index contributed by atoms with van der Waals surface area (Å²) in [6.07, 6.45) is 0.880. The summed E-state index contributed by atoms with van der Waals surface area (Å²) >= 11 is 6.98. The first-order valence-corrected chi connectivity index (χ1v) is 5.18. The maximum Gasteiger partial charge on any atom is 0.261 e. The van der Waals surface area contributed by atoms with Gasteiger partial charge in [0.2, 0.25) is 0 Å². The predicted molar refractivity (Wildman–Crippen MR) is 53.2 cm³/mol. The standard InChI is InChI=1S/C8H9ClN2OS/c9-7-2-1-6(13-7)8(12)11-5-3-4(5)10/h1-2,4-5H,3,10H2,(H,11,12). The number of carbonyl (C=O) groups excluding carboxylic acids is 1. The molecular formula is C8H9ClN2OS. The van der Waals surface area contributed by atoms with Gasteiger partial charge >= 0.3 is 0 Å². The Morgan fingerprint density at radius 2 is 2.38 bits per heavy atom. The molecule has 1 fully saturated rings. The monoisotopic (exact) mass is 216 g/mol. The molecule has 1 saturated carbocycles. The number of hydrogen-bond acceptors (Lipinski definition) is 3. The average molecular weight is 217 g/mol. The minimum absolute atomic E-state index is 0.0742. The fraction of sp³-hybridized carbons (Fsp3) is 0.375. The molecule has 70 valence electrons. The molecule has 1 aromatic heterocycles. The molecule has 1 heterocycles. The van der Waals surface area contributed by atoms with Gasteiger partial charge in [0.25, 0.3) is 5.91 Å². The van der Waals surface area contributed by atoms with Crippen LogP contribution < -0.4 is 11.1 Å². The van der Waals surface area contributed by atoms with Crippen molar-refractivity contribution in [2.24, 2.45) is 5.73 Å². The van der Waals surface area contributed by atoms with Crippen LogP contribution in [0.15, 0.2) is 12.1 Å². The molecular weight excluding hydrogens is 208 g/mol. The van der Waals surface area contributed by atoms with E-state index in [4.69, 9.17) is 17.3 Å². The van der Waals surface area contributed by atoms with Crippen LogP contribution in [-0.2, 0) is 0 Å². The number of amides is 1. The fourth-order valence-electron chi connectivity index (χ4n) is 1.06. The highest BCUT2D eigenvalue weighted by atomic mass is 35.5. The molecule has 2 atom stereocenters. The lowest BCUT2D eigenvalue weighted by Gasteiger charge is -1.99. The zero-order valence-corrected chi connectivity index (χ0v) is 8.36. The highest BCUT2D eigenvalue weighted by Crippen LogP contribution is 2.23. The zero-order chi connectivity index (χ0) is 9.42. The van der Waals surface area contributed by atoms with Crippen molar-refractivity contribution in [2.75, 3.05) is 0 Å². The molecule has 1 aliphatic rings. The minimum Gasteiger partial charge on any atom is -0.347 e. The van der Waals surface area contributed by atoms with Gasteiger partial charge < -0.3 is 11.1 Å². The lowest BCUT2D eigenvalue weighted by Crippen LogP contribution is -2.28. The van der Waals surface area contributed by atoms with Crippen LogP contribution >= 0.6 is 22.9 Å². The SMILES string of the molecule is NC1CC1NC(=O)c1ccc(Cl)s1.